The number of hydrogen-bond acceptors (Lipinski definition) is 5. The van der Waals surface area contributed by atoms with E-state index in [2.05, 4.69) is 27.3 Å². The summed E-state index contributed by atoms with van der Waals surface area (Å²) in [6.07, 6.45) is 0.676. The molecular formula is C14H20N2O2S2. The van der Waals surface area contributed by atoms with Crippen molar-refractivity contribution < 1.29 is 9.53 Å². The number of hydrogen-bond donors (Lipinski definition) is 0. The molecule has 0 radical (unpaired) electrons. The van der Waals surface area contributed by atoms with Crippen molar-refractivity contribution >= 4 is 29.0 Å². The van der Waals surface area contributed by atoms with Crippen LogP contribution in [0.2, 0.25) is 0 Å². The van der Waals surface area contributed by atoms with Gasteiger partial charge in [0, 0.05) is 43.2 Å². The molecule has 6 heteroatoms. The summed E-state index contributed by atoms with van der Waals surface area (Å²) in [4.78, 5) is 18.0. The fourth-order valence-electron chi connectivity index (χ4n) is 2.61. The van der Waals surface area contributed by atoms with Crippen LogP contribution in [0.15, 0.2) is 17.5 Å². The maximum atomic E-state index is 12.2. The molecule has 0 bridgehead atoms. The molecule has 4 nitrogen and oxygen atoms in total. The second-order valence-electron chi connectivity index (χ2n) is 5.03. The summed E-state index contributed by atoms with van der Waals surface area (Å²) in [6, 6.07) is 4.21. The number of nitrogens with zero attached hydrogens (tertiary/aromatic N) is 2. The summed E-state index contributed by atoms with van der Waals surface area (Å²) in [5.74, 6) is 1.24. The summed E-state index contributed by atoms with van der Waals surface area (Å²) < 4.78 is 5.37. The lowest BCUT2D eigenvalue weighted by atomic mass is 10.3. The van der Waals surface area contributed by atoms with Crippen molar-refractivity contribution in [1.82, 2.24) is 9.80 Å². The van der Waals surface area contributed by atoms with Gasteiger partial charge in [0.15, 0.2) is 0 Å². The zero-order valence-electron chi connectivity index (χ0n) is 11.5. The highest BCUT2D eigenvalue weighted by Crippen LogP contribution is 2.39. The molecule has 0 aliphatic carbocycles. The van der Waals surface area contributed by atoms with Crippen LogP contribution in [0.1, 0.15) is 16.7 Å². The van der Waals surface area contributed by atoms with Crippen LogP contribution >= 0.6 is 23.1 Å². The third-order valence-corrected chi connectivity index (χ3v) is 6.08. The van der Waals surface area contributed by atoms with Gasteiger partial charge in [-0.1, -0.05) is 6.07 Å². The first-order valence-corrected chi connectivity index (χ1v) is 9.02. The Morgan fingerprint density at radius 2 is 2.15 bits per heavy atom. The Balaban J connectivity index is 1.62. The molecule has 2 saturated heterocycles. The minimum Gasteiger partial charge on any atom is -0.379 e. The van der Waals surface area contributed by atoms with E-state index in [1.54, 1.807) is 11.3 Å². The molecule has 1 aromatic heterocycles. The summed E-state index contributed by atoms with van der Waals surface area (Å²) in [6.45, 7) is 5.39. The lowest BCUT2D eigenvalue weighted by Gasteiger charge is -2.36. The average Bonchev–Trinajstić information content (AvgIpc) is 3.01. The normalized spacial score (nSPS) is 25.1. The predicted molar refractivity (Wildman–Crippen MR) is 83.1 cm³/mol. The summed E-state index contributed by atoms with van der Waals surface area (Å²) >= 11 is 3.64. The topological polar surface area (TPSA) is 32.8 Å². The lowest BCUT2D eigenvalue weighted by Crippen LogP contribution is -2.45. The van der Waals surface area contributed by atoms with Gasteiger partial charge in [0.25, 0.3) is 0 Å². The summed E-state index contributed by atoms with van der Waals surface area (Å²) in [5.41, 5.74) is 0. The van der Waals surface area contributed by atoms with Crippen LogP contribution in [-0.4, -0.2) is 60.9 Å². The number of carbonyl (C=O) groups excluding carboxylic acids is 1. The van der Waals surface area contributed by atoms with Crippen molar-refractivity contribution in [3.05, 3.63) is 22.4 Å². The van der Waals surface area contributed by atoms with E-state index < -0.39 is 0 Å². The van der Waals surface area contributed by atoms with E-state index in [4.69, 9.17) is 4.74 Å². The third-order valence-electron chi connectivity index (χ3n) is 3.74. The highest BCUT2D eigenvalue weighted by molar-refractivity contribution is 7.99. The van der Waals surface area contributed by atoms with Crippen LogP contribution < -0.4 is 0 Å². The molecule has 0 N–H and O–H groups in total. The fraction of sp³-hybridized carbons (Fsp3) is 0.643. The van der Waals surface area contributed by atoms with Crippen LogP contribution in [0.25, 0.3) is 0 Å². The second-order valence-corrected chi connectivity index (χ2v) is 7.20. The van der Waals surface area contributed by atoms with Crippen molar-refractivity contribution in [3.63, 3.8) is 0 Å². The molecule has 3 rings (SSSR count). The van der Waals surface area contributed by atoms with E-state index in [0.717, 1.165) is 45.1 Å². The van der Waals surface area contributed by atoms with E-state index >= 15 is 0 Å². The number of rotatable bonds is 4. The Bertz CT molecular complexity index is 432. The lowest BCUT2D eigenvalue weighted by molar-refractivity contribution is -0.132. The van der Waals surface area contributed by atoms with Gasteiger partial charge in [0.2, 0.25) is 5.91 Å². The van der Waals surface area contributed by atoms with Gasteiger partial charge in [-0.15, -0.1) is 23.1 Å². The molecule has 110 valence electrons. The molecule has 1 amide bonds. The number of amides is 1. The molecule has 2 aliphatic heterocycles. The number of carbonyl (C=O) groups is 1. The first-order valence-electron chi connectivity index (χ1n) is 7.09. The SMILES string of the molecule is O=C1CCSC(c2cccs2)N1CCN1CCOCC1. The van der Waals surface area contributed by atoms with Gasteiger partial charge in [-0.25, -0.2) is 0 Å². The quantitative estimate of drug-likeness (QED) is 0.852. The van der Waals surface area contributed by atoms with Crippen LogP contribution in [0.4, 0.5) is 0 Å². The number of thiophene rings is 1. The van der Waals surface area contributed by atoms with Crippen LogP contribution in [0, 0.1) is 0 Å². The molecule has 1 aromatic rings. The minimum absolute atomic E-state index is 0.220. The van der Waals surface area contributed by atoms with Gasteiger partial charge in [0.1, 0.15) is 5.37 Å². The molecule has 0 spiro atoms. The fourth-order valence-corrected chi connectivity index (χ4v) is 4.85. The van der Waals surface area contributed by atoms with Gasteiger partial charge < -0.3 is 9.64 Å². The van der Waals surface area contributed by atoms with Crippen molar-refractivity contribution in [1.29, 1.82) is 0 Å². The van der Waals surface area contributed by atoms with E-state index in [0.29, 0.717) is 12.3 Å². The van der Waals surface area contributed by atoms with Crippen LogP contribution in [0.5, 0.6) is 0 Å². The van der Waals surface area contributed by atoms with Crippen LogP contribution in [0.3, 0.4) is 0 Å². The van der Waals surface area contributed by atoms with Gasteiger partial charge in [-0.05, 0) is 11.4 Å². The Morgan fingerprint density at radius 3 is 2.90 bits per heavy atom. The first kappa shape index (κ1) is 14.4. The summed E-state index contributed by atoms with van der Waals surface area (Å²) in [7, 11) is 0. The Hall–Kier alpha value is -0.560. The molecule has 1 atom stereocenters. The standard InChI is InChI=1S/C14H20N2O2S2/c17-13-3-11-20-14(12-2-1-10-19-12)16(13)5-4-15-6-8-18-9-7-15/h1-2,10,14H,3-9,11H2. The van der Waals surface area contributed by atoms with Gasteiger partial charge >= 0.3 is 0 Å². The Morgan fingerprint density at radius 1 is 1.30 bits per heavy atom. The van der Waals surface area contributed by atoms with Crippen molar-refractivity contribution in [2.45, 2.75) is 11.8 Å². The molecule has 3 heterocycles. The maximum Gasteiger partial charge on any atom is 0.224 e. The Kier molecular flexibility index (Phi) is 4.99. The third kappa shape index (κ3) is 3.36. The van der Waals surface area contributed by atoms with Crippen LogP contribution in [-0.2, 0) is 9.53 Å². The van der Waals surface area contributed by atoms with Gasteiger partial charge in [-0.2, -0.15) is 0 Å². The van der Waals surface area contributed by atoms with Crippen molar-refractivity contribution in [2.75, 3.05) is 45.1 Å². The zero-order valence-corrected chi connectivity index (χ0v) is 13.1. The number of thioether (sulfide) groups is 1. The van der Waals surface area contributed by atoms with E-state index in [1.807, 2.05) is 11.8 Å². The smallest absolute Gasteiger partial charge is 0.224 e. The second kappa shape index (κ2) is 6.93. The molecule has 1 unspecified atom stereocenters. The predicted octanol–water partition coefficient (Wildman–Crippen LogP) is 2.04. The zero-order chi connectivity index (χ0) is 13.8. The molecule has 0 aromatic carbocycles. The van der Waals surface area contributed by atoms with E-state index in [-0.39, 0.29) is 5.37 Å². The van der Waals surface area contributed by atoms with Gasteiger partial charge in [0.05, 0.1) is 13.2 Å². The van der Waals surface area contributed by atoms with Crippen molar-refractivity contribution in [2.24, 2.45) is 0 Å². The van der Waals surface area contributed by atoms with E-state index in [1.165, 1.54) is 4.88 Å². The molecule has 0 saturated carbocycles. The minimum atomic E-state index is 0.220. The molecule has 2 fully saturated rings. The molecular weight excluding hydrogens is 292 g/mol. The number of morpholine rings is 1. The summed E-state index contributed by atoms with van der Waals surface area (Å²) in [5, 5.41) is 2.31. The molecule has 2 aliphatic rings. The number of ether oxygens (including phenoxy) is 1. The van der Waals surface area contributed by atoms with Crippen molar-refractivity contribution in [3.8, 4) is 0 Å². The van der Waals surface area contributed by atoms with Gasteiger partial charge in [-0.3, -0.25) is 9.69 Å². The largest absolute Gasteiger partial charge is 0.379 e. The Labute approximate surface area is 128 Å². The van der Waals surface area contributed by atoms with E-state index in [9.17, 15) is 4.79 Å². The highest BCUT2D eigenvalue weighted by Gasteiger charge is 2.30. The monoisotopic (exact) mass is 312 g/mol. The average molecular weight is 312 g/mol. The highest BCUT2D eigenvalue weighted by atomic mass is 32.2. The maximum absolute atomic E-state index is 12.2. The first-order chi connectivity index (χ1) is 9.84. The molecule has 20 heavy (non-hydrogen) atoms.